The van der Waals surface area contributed by atoms with Crippen LogP contribution in [0.3, 0.4) is 0 Å². The minimum absolute atomic E-state index is 0.190. The highest BCUT2D eigenvalue weighted by Gasteiger charge is 2.37. The van der Waals surface area contributed by atoms with E-state index in [0.717, 1.165) is 58.4 Å². The molecule has 1 aromatic heterocycles. The van der Waals surface area contributed by atoms with Crippen molar-refractivity contribution >= 4 is 39.6 Å². The van der Waals surface area contributed by atoms with Crippen LogP contribution >= 0.6 is 0 Å². The van der Waals surface area contributed by atoms with E-state index in [1.54, 1.807) is 0 Å². The van der Waals surface area contributed by atoms with Gasteiger partial charge in [0.25, 0.3) is 0 Å². The van der Waals surface area contributed by atoms with E-state index in [0.29, 0.717) is 17.1 Å². The average molecular weight is 631 g/mol. The third kappa shape index (κ3) is 4.64. The minimum Gasteiger partial charge on any atom is -0.333 e. The second kappa shape index (κ2) is 11.6. The van der Waals surface area contributed by atoms with Crippen molar-refractivity contribution in [3.05, 3.63) is 161 Å². The molecule has 0 saturated heterocycles. The molecular formula is C45H34N4. The van der Waals surface area contributed by atoms with Crippen molar-refractivity contribution in [2.75, 3.05) is 4.90 Å². The number of benzene rings is 4. The lowest BCUT2D eigenvalue weighted by molar-refractivity contribution is 0.740. The van der Waals surface area contributed by atoms with E-state index in [-0.39, 0.29) is 12.0 Å². The molecule has 1 aliphatic heterocycles. The Bertz CT molecular complexity index is 2410. The van der Waals surface area contributed by atoms with Gasteiger partial charge in [0.05, 0.1) is 34.5 Å². The third-order valence-corrected chi connectivity index (χ3v) is 10.6. The molecule has 0 radical (unpaired) electrons. The number of nitrogens with zero attached hydrogens (tertiary/aromatic N) is 4. The quantitative estimate of drug-likeness (QED) is 0.199. The summed E-state index contributed by atoms with van der Waals surface area (Å²) in [5.74, 6) is 0.526. The van der Waals surface area contributed by atoms with Crippen molar-refractivity contribution in [1.82, 2.24) is 4.57 Å². The van der Waals surface area contributed by atoms with Gasteiger partial charge in [-0.3, -0.25) is 0 Å². The second-order valence-corrected chi connectivity index (χ2v) is 13.5. The lowest BCUT2D eigenvalue weighted by Gasteiger charge is -2.29. The number of rotatable bonds is 4. The van der Waals surface area contributed by atoms with Gasteiger partial charge in [-0.15, -0.1) is 0 Å². The Kier molecular flexibility index (Phi) is 6.85. The molecule has 3 unspecified atom stereocenters. The molecule has 5 aromatic rings. The highest BCUT2D eigenvalue weighted by atomic mass is 15.2. The molecule has 4 aromatic carbocycles. The topological polar surface area (TPSA) is 55.8 Å². The van der Waals surface area contributed by atoms with Crippen molar-refractivity contribution in [3.8, 4) is 23.3 Å². The Balaban J connectivity index is 1.18. The highest BCUT2D eigenvalue weighted by molar-refractivity contribution is 6.02. The third-order valence-electron chi connectivity index (χ3n) is 10.6. The largest absolute Gasteiger partial charge is 0.333 e. The van der Waals surface area contributed by atoms with Gasteiger partial charge in [0, 0.05) is 33.9 Å². The molecule has 0 saturated carbocycles. The van der Waals surface area contributed by atoms with Gasteiger partial charge in [-0.25, -0.2) is 0 Å². The van der Waals surface area contributed by atoms with E-state index in [1.165, 1.54) is 27.9 Å². The van der Waals surface area contributed by atoms with E-state index in [2.05, 4.69) is 150 Å². The number of allylic oxidation sites excluding steroid dienone is 7. The molecule has 0 amide bonds. The van der Waals surface area contributed by atoms with Gasteiger partial charge in [0.2, 0.25) is 0 Å². The summed E-state index contributed by atoms with van der Waals surface area (Å²) in [6.07, 6.45) is 18.2. The summed E-state index contributed by atoms with van der Waals surface area (Å²) < 4.78 is 2.34. The van der Waals surface area contributed by atoms with E-state index < -0.39 is 0 Å². The van der Waals surface area contributed by atoms with Gasteiger partial charge >= 0.3 is 0 Å². The maximum Gasteiger partial charge on any atom is 0.101 e. The fourth-order valence-electron chi connectivity index (χ4n) is 8.47. The maximum atomic E-state index is 10.6. The van der Waals surface area contributed by atoms with Crippen LogP contribution in [0.25, 0.3) is 39.4 Å². The Morgan fingerprint density at radius 1 is 0.796 bits per heavy atom. The second-order valence-electron chi connectivity index (χ2n) is 13.5. The Labute approximate surface area is 287 Å². The first-order valence-corrected chi connectivity index (χ1v) is 17.2. The number of hydrogen-bond acceptors (Lipinski definition) is 3. The van der Waals surface area contributed by atoms with Gasteiger partial charge < -0.3 is 9.47 Å². The van der Waals surface area contributed by atoms with Crippen LogP contribution in [0.5, 0.6) is 0 Å². The summed E-state index contributed by atoms with van der Waals surface area (Å²) >= 11 is 0. The number of hydrogen-bond donors (Lipinski definition) is 0. The fraction of sp³-hybridized carbons (Fsp3) is 0.156. The number of nitriles is 2. The minimum atomic E-state index is 0.190. The van der Waals surface area contributed by atoms with Crippen molar-refractivity contribution < 1.29 is 0 Å². The predicted molar refractivity (Wildman–Crippen MR) is 200 cm³/mol. The summed E-state index contributed by atoms with van der Waals surface area (Å²) in [6, 6.07) is 37.4. The Morgan fingerprint density at radius 3 is 2.45 bits per heavy atom. The van der Waals surface area contributed by atoms with Crippen molar-refractivity contribution in [1.29, 1.82) is 10.5 Å². The molecule has 3 atom stereocenters. The van der Waals surface area contributed by atoms with Crippen molar-refractivity contribution in [3.63, 3.8) is 0 Å². The van der Waals surface area contributed by atoms with Crippen LogP contribution in [0.4, 0.5) is 11.4 Å². The van der Waals surface area contributed by atoms with Crippen molar-refractivity contribution in [2.45, 2.75) is 38.1 Å². The molecule has 0 fully saturated rings. The smallest absolute Gasteiger partial charge is 0.101 e. The number of anilines is 2. The predicted octanol–water partition coefficient (Wildman–Crippen LogP) is 10.7. The van der Waals surface area contributed by atoms with E-state index in [1.807, 2.05) is 12.1 Å². The monoisotopic (exact) mass is 630 g/mol. The molecule has 0 spiro atoms. The van der Waals surface area contributed by atoms with Gasteiger partial charge in [0.15, 0.2) is 0 Å². The lowest BCUT2D eigenvalue weighted by atomic mass is 9.84. The summed E-state index contributed by atoms with van der Waals surface area (Å²) in [6.45, 7) is 2.17. The molecule has 4 aliphatic rings. The number of fused-ring (bicyclic) bond motifs is 6. The first-order chi connectivity index (χ1) is 24.1. The molecule has 4 nitrogen and oxygen atoms in total. The van der Waals surface area contributed by atoms with Crippen LogP contribution in [0.1, 0.15) is 53.6 Å². The Morgan fingerprint density at radius 2 is 1.59 bits per heavy atom. The number of aromatic nitrogens is 1. The molecular weight excluding hydrogens is 597 g/mol. The summed E-state index contributed by atoms with van der Waals surface area (Å²) in [5.41, 5.74) is 13.8. The zero-order chi connectivity index (χ0) is 33.1. The summed E-state index contributed by atoms with van der Waals surface area (Å²) in [5, 5.41) is 22.0. The van der Waals surface area contributed by atoms with Crippen LogP contribution < -0.4 is 4.90 Å². The van der Waals surface area contributed by atoms with Crippen LogP contribution in [0, 0.1) is 28.6 Å². The summed E-state index contributed by atoms with van der Waals surface area (Å²) in [7, 11) is 0. The summed E-state index contributed by atoms with van der Waals surface area (Å²) in [4.78, 5) is 2.44. The first kappa shape index (κ1) is 29.1. The van der Waals surface area contributed by atoms with Crippen LogP contribution in [-0.2, 0) is 6.42 Å². The number of para-hydroxylation sites is 2. The van der Waals surface area contributed by atoms with Crippen LogP contribution in [0.2, 0.25) is 0 Å². The molecule has 9 rings (SSSR count). The van der Waals surface area contributed by atoms with Gasteiger partial charge in [-0.05, 0) is 95.5 Å². The molecule has 3 aliphatic carbocycles. The Hall–Kier alpha value is -6.10. The van der Waals surface area contributed by atoms with E-state index >= 15 is 0 Å². The maximum absolute atomic E-state index is 10.6. The van der Waals surface area contributed by atoms with Gasteiger partial charge in [0.1, 0.15) is 6.07 Å². The highest BCUT2D eigenvalue weighted by Crippen LogP contribution is 2.48. The SMILES string of the molecule is CC1C=C(C#N)C(n2c3c(c4ccccc42)C=CCC3)=C(c2cc(C#N)cc(-c3ccc(N4c5ccccc5C5C=CC=CC54)cc3)c2)C1. The van der Waals surface area contributed by atoms with E-state index in [4.69, 9.17) is 0 Å². The first-order valence-electron chi connectivity index (χ1n) is 17.2. The van der Waals surface area contributed by atoms with Gasteiger partial charge in [-0.2, -0.15) is 10.5 Å². The molecule has 0 bridgehead atoms. The average Bonchev–Trinajstić information content (AvgIpc) is 3.67. The van der Waals surface area contributed by atoms with Crippen LogP contribution in [-0.4, -0.2) is 10.6 Å². The zero-order valence-electron chi connectivity index (χ0n) is 27.3. The van der Waals surface area contributed by atoms with Gasteiger partial charge in [-0.1, -0.05) is 98.0 Å². The lowest BCUT2D eigenvalue weighted by Crippen LogP contribution is -2.28. The molecule has 2 heterocycles. The molecule has 4 heteroatoms. The molecule has 234 valence electrons. The molecule has 49 heavy (non-hydrogen) atoms. The fourth-order valence-corrected chi connectivity index (χ4v) is 8.47. The standard InChI is InChI=1S/C45H34N4/c1-29-22-34(28-47)45(49-43-16-8-4-12-38(43)39-13-5-9-17-44(39)49)40(23-29)33-25-30(27-46)24-32(26-33)31-18-20-35(21-19-31)48-41-14-6-2-10-36(41)37-11-3-7-15-42(37)48/h2-8,10-16,18-22,24-26,29,36,41H,9,17,23H2,1H3. The normalized spacial score (nSPS) is 20.4. The molecule has 0 N–H and O–H groups in total. The van der Waals surface area contributed by atoms with E-state index in [9.17, 15) is 10.5 Å². The zero-order valence-corrected chi connectivity index (χ0v) is 27.3. The van der Waals surface area contributed by atoms with Crippen molar-refractivity contribution in [2.24, 2.45) is 5.92 Å². The van der Waals surface area contributed by atoms with Crippen LogP contribution in [0.15, 0.2) is 133 Å².